The zero-order valence-corrected chi connectivity index (χ0v) is 25.2. The molecule has 8 nitrogen and oxygen atoms in total. The molecule has 0 spiro atoms. The summed E-state index contributed by atoms with van der Waals surface area (Å²) in [7, 11) is 0. The summed E-state index contributed by atoms with van der Waals surface area (Å²) in [4.78, 5) is 27.9. The van der Waals surface area contributed by atoms with Crippen LogP contribution >= 0.6 is 11.6 Å². The van der Waals surface area contributed by atoms with E-state index in [0.717, 1.165) is 61.1 Å². The van der Waals surface area contributed by atoms with Gasteiger partial charge in [0.1, 0.15) is 5.65 Å². The predicted octanol–water partition coefficient (Wildman–Crippen LogP) is 6.42. The molecule has 2 N–H and O–H groups in total. The smallest absolute Gasteiger partial charge is 0.268 e. The third-order valence-corrected chi connectivity index (χ3v) is 9.03. The van der Waals surface area contributed by atoms with Gasteiger partial charge in [0, 0.05) is 40.1 Å². The number of benzene rings is 2. The Balaban J connectivity index is 1.24. The zero-order valence-electron chi connectivity index (χ0n) is 24.5. The van der Waals surface area contributed by atoms with Crippen molar-refractivity contribution in [1.29, 1.82) is 0 Å². The van der Waals surface area contributed by atoms with Crippen molar-refractivity contribution >= 4 is 34.3 Å². The minimum atomic E-state index is -0.200. The lowest BCUT2D eigenvalue weighted by molar-refractivity contribution is 0.460. The molecule has 7 rings (SSSR count). The van der Waals surface area contributed by atoms with Crippen LogP contribution < -0.4 is 16.2 Å². The van der Waals surface area contributed by atoms with E-state index in [2.05, 4.69) is 61.3 Å². The maximum atomic E-state index is 14.0. The molecule has 0 amide bonds. The molecule has 0 bridgehead atoms. The molecule has 5 aromatic rings. The van der Waals surface area contributed by atoms with Gasteiger partial charge in [0.2, 0.25) is 5.95 Å². The van der Waals surface area contributed by atoms with Gasteiger partial charge in [-0.3, -0.25) is 9.36 Å². The number of hydrogen-bond acceptors (Lipinski definition) is 6. The van der Waals surface area contributed by atoms with Gasteiger partial charge in [0.15, 0.2) is 0 Å². The molecule has 9 heteroatoms. The average molecular weight is 604 g/mol. The average Bonchev–Trinajstić information content (AvgIpc) is 3.76. The Kier molecular flexibility index (Phi) is 8.14. The number of halogens is 1. The lowest BCUT2D eigenvalue weighted by Crippen LogP contribution is -2.26. The van der Waals surface area contributed by atoms with E-state index in [-0.39, 0.29) is 5.56 Å². The van der Waals surface area contributed by atoms with Crippen LogP contribution in [0.4, 0.5) is 11.6 Å². The van der Waals surface area contributed by atoms with Crippen molar-refractivity contribution in [2.75, 3.05) is 18.4 Å². The van der Waals surface area contributed by atoms with Gasteiger partial charge in [0.25, 0.3) is 5.56 Å². The van der Waals surface area contributed by atoms with E-state index in [1.165, 1.54) is 18.4 Å². The molecule has 0 atom stereocenters. The number of fused-ring (bicyclic) bond motifs is 1. The summed E-state index contributed by atoms with van der Waals surface area (Å²) in [5.41, 5.74) is 4.75. The van der Waals surface area contributed by atoms with Crippen molar-refractivity contribution in [2.24, 2.45) is 0 Å². The van der Waals surface area contributed by atoms with Gasteiger partial charge in [-0.05, 0) is 92.7 Å². The van der Waals surface area contributed by atoms with Crippen LogP contribution in [-0.2, 0) is 6.54 Å². The minimum Gasteiger partial charge on any atom is -0.330 e. The normalized spacial score (nSPS) is 15.8. The fourth-order valence-corrected chi connectivity index (χ4v) is 6.50. The Hall–Kier alpha value is -4.45. The number of imidazole rings is 1. The van der Waals surface area contributed by atoms with Crippen LogP contribution in [0.15, 0.2) is 78.1 Å². The van der Waals surface area contributed by atoms with Gasteiger partial charge in [-0.15, -0.1) is 0 Å². The van der Waals surface area contributed by atoms with Crippen molar-refractivity contribution in [1.82, 2.24) is 29.4 Å². The van der Waals surface area contributed by atoms with E-state index in [9.17, 15) is 4.79 Å². The Labute approximate surface area is 261 Å². The first-order valence-electron chi connectivity index (χ1n) is 15.4. The second kappa shape index (κ2) is 12.7. The quantitative estimate of drug-likeness (QED) is 0.218. The first kappa shape index (κ1) is 28.3. The molecular weight excluding hydrogens is 570 g/mol. The van der Waals surface area contributed by atoms with E-state index in [1.54, 1.807) is 29.0 Å². The van der Waals surface area contributed by atoms with Crippen molar-refractivity contribution in [2.45, 2.75) is 57.0 Å². The minimum absolute atomic E-state index is 0.200. The maximum Gasteiger partial charge on any atom is 0.268 e. The highest BCUT2D eigenvalue weighted by Gasteiger charge is 2.21. The van der Waals surface area contributed by atoms with Crippen molar-refractivity contribution in [3.63, 3.8) is 0 Å². The fourth-order valence-electron chi connectivity index (χ4n) is 6.38. The summed E-state index contributed by atoms with van der Waals surface area (Å²) in [5, 5.41) is 8.16. The third-order valence-electron chi connectivity index (χ3n) is 8.77. The zero-order chi connectivity index (χ0) is 29.9. The number of nitrogens with zero attached hydrogens (tertiary/aromatic N) is 5. The molecule has 1 aliphatic carbocycles. The molecular formula is C35H34ClN7O. The molecule has 1 aliphatic heterocycles. The summed E-state index contributed by atoms with van der Waals surface area (Å²) >= 11 is 6.04. The Morgan fingerprint density at radius 3 is 2.50 bits per heavy atom. The van der Waals surface area contributed by atoms with Gasteiger partial charge in [0.05, 0.1) is 24.1 Å². The topological polar surface area (TPSA) is 89.7 Å². The van der Waals surface area contributed by atoms with Crippen LogP contribution in [0.25, 0.3) is 11.0 Å². The van der Waals surface area contributed by atoms with Gasteiger partial charge in [-0.25, -0.2) is 9.97 Å². The summed E-state index contributed by atoms with van der Waals surface area (Å²) < 4.78 is 3.93. The van der Waals surface area contributed by atoms with Crippen LogP contribution in [0.5, 0.6) is 0 Å². The Bertz CT molecular complexity index is 1890. The summed E-state index contributed by atoms with van der Waals surface area (Å²) in [5.74, 6) is 7.23. The number of aromatic nitrogens is 5. The molecule has 2 fully saturated rings. The molecule has 2 aliphatic rings. The molecule has 0 unspecified atom stereocenters. The summed E-state index contributed by atoms with van der Waals surface area (Å²) in [6.45, 7) is 2.46. The molecule has 4 heterocycles. The number of nitrogens with one attached hydrogen (secondary N) is 2. The summed E-state index contributed by atoms with van der Waals surface area (Å²) in [6, 6.07) is 18.0. The SMILES string of the molecule is O=c1c(C#Cc2ccc(Cl)cc2)cc2cnc(Nc3ccc(C4CCNCC4)cc3)nc2n1Cc1cncn1C1CCCC1. The van der Waals surface area contributed by atoms with Crippen LogP contribution in [0.3, 0.4) is 0 Å². The van der Waals surface area contributed by atoms with Crippen LogP contribution in [-0.4, -0.2) is 37.2 Å². The first-order valence-corrected chi connectivity index (χ1v) is 15.7. The lowest BCUT2D eigenvalue weighted by Gasteiger charge is -2.23. The first-order chi connectivity index (χ1) is 21.6. The number of rotatable bonds is 6. The van der Waals surface area contributed by atoms with Crippen molar-refractivity contribution < 1.29 is 0 Å². The van der Waals surface area contributed by atoms with Gasteiger partial charge in [-0.2, -0.15) is 4.98 Å². The van der Waals surface area contributed by atoms with E-state index < -0.39 is 0 Å². The number of anilines is 2. The number of hydrogen-bond donors (Lipinski definition) is 2. The largest absolute Gasteiger partial charge is 0.330 e. The van der Waals surface area contributed by atoms with Gasteiger partial charge in [-0.1, -0.05) is 48.4 Å². The fraction of sp³-hybridized carbons (Fsp3) is 0.314. The van der Waals surface area contributed by atoms with Gasteiger partial charge < -0.3 is 15.2 Å². The van der Waals surface area contributed by atoms with Gasteiger partial charge >= 0.3 is 0 Å². The lowest BCUT2D eigenvalue weighted by atomic mass is 9.90. The second-order valence-electron chi connectivity index (χ2n) is 11.7. The van der Waals surface area contributed by atoms with E-state index in [4.69, 9.17) is 16.6 Å². The Morgan fingerprint density at radius 1 is 0.955 bits per heavy atom. The van der Waals surface area contributed by atoms with Crippen LogP contribution in [0, 0.1) is 11.8 Å². The monoisotopic (exact) mass is 603 g/mol. The van der Waals surface area contributed by atoms with E-state index in [0.29, 0.717) is 40.7 Å². The molecule has 222 valence electrons. The molecule has 1 saturated carbocycles. The molecule has 1 saturated heterocycles. The van der Waals surface area contributed by atoms with Crippen LogP contribution in [0.2, 0.25) is 5.02 Å². The highest BCUT2D eigenvalue weighted by molar-refractivity contribution is 6.30. The molecule has 2 aromatic carbocycles. The molecule has 44 heavy (non-hydrogen) atoms. The molecule has 0 radical (unpaired) electrons. The summed E-state index contributed by atoms with van der Waals surface area (Å²) in [6.07, 6.45) is 12.5. The molecule has 3 aromatic heterocycles. The van der Waals surface area contributed by atoms with Crippen molar-refractivity contribution in [3.8, 4) is 11.8 Å². The highest BCUT2D eigenvalue weighted by Crippen LogP contribution is 2.31. The number of piperidine rings is 1. The van der Waals surface area contributed by atoms with E-state index >= 15 is 0 Å². The number of pyridine rings is 1. The third kappa shape index (κ3) is 6.12. The van der Waals surface area contributed by atoms with Crippen molar-refractivity contribution in [3.05, 3.63) is 111 Å². The standard InChI is InChI=1S/C35H34ClN7O/c36-29-11-6-24(7-12-29)5-8-27-19-28-20-39-35(40-30-13-9-25(10-14-30)26-15-17-37-18-16-26)41-33(28)42(34(27)44)22-32-21-38-23-43(32)31-3-1-2-4-31/h6-7,9-14,19-21,23,26,31,37H,1-4,15-18,22H2,(H,39,40,41). The maximum absolute atomic E-state index is 14.0. The van der Waals surface area contributed by atoms with E-state index in [1.807, 2.05) is 24.7 Å². The Morgan fingerprint density at radius 2 is 1.73 bits per heavy atom. The second-order valence-corrected chi connectivity index (χ2v) is 12.1. The van der Waals surface area contributed by atoms with Crippen LogP contribution in [0.1, 0.15) is 72.9 Å². The highest BCUT2D eigenvalue weighted by atomic mass is 35.5. The predicted molar refractivity (Wildman–Crippen MR) is 175 cm³/mol.